The van der Waals surface area contributed by atoms with Crippen molar-refractivity contribution in [2.45, 2.75) is 0 Å². The highest BCUT2D eigenvalue weighted by atomic mass is 79.9. The van der Waals surface area contributed by atoms with E-state index in [1.54, 1.807) is 0 Å². The first-order valence-corrected chi connectivity index (χ1v) is 4.80. The Labute approximate surface area is 93.9 Å². The van der Waals surface area contributed by atoms with Crippen molar-refractivity contribution < 1.29 is 9.18 Å². The average molecular weight is 279 g/mol. The maximum Gasteiger partial charge on any atom is 0.259 e. The predicted molar refractivity (Wildman–Crippen MR) is 56.8 cm³/mol. The topological polar surface area (TPSA) is 29.1 Å². The Morgan fingerprint density at radius 1 is 1.64 bits per heavy atom. The van der Waals surface area contributed by atoms with Crippen LogP contribution >= 0.6 is 27.5 Å². The molecular weight excluding hydrogens is 272 g/mol. The van der Waals surface area contributed by atoms with Gasteiger partial charge in [-0.15, -0.1) is 0 Å². The van der Waals surface area contributed by atoms with Crippen LogP contribution in [0.4, 0.5) is 4.39 Å². The van der Waals surface area contributed by atoms with E-state index in [1.807, 2.05) is 0 Å². The molecule has 1 rings (SSSR count). The summed E-state index contributed by atoms with van der Waals surface area (Å²) in [5.41, 5.74) is -0.194. The molecule has 1 aromatic carbocycles. The number of carbonyl (C=O) groups excluding carboxylic acids is 1. The SMILES string of the molecule is C=CNC(=O)c1c(Cl)ccc(Br)c1F. The Balaban J connectivity index is 3.25. The van der Waals surface area contributed by atoms with Crippen LogP contribution in [0.5, 0.6) is 0 Å². The van der Waals surface area contributed by atoms with Gasteiger partial charge in [0, 0.05) is 0 Å². The summed E-state index contributed by atoms with van der Waals surface area (Å²) in [5.74, 6) is -1.30. The van der Waals surface area contributed by atoms with Gasteiger partial charge in [0.1, 0.15) is 0 Å². The average Bonchev–Trinajstić information content (AvgIpc) is 2.13. The quantitative estimate of drug-likeness (QED) is 0.828. The summed E-state index contributed by atoms with van der Waals surface area (Å²) in [6.07, 6.45) is 1.17. The Morgan fingerprint density at radius 3 is 2.86 bits per heavy atom. The smallest absolute Gasteiger partial charge is 0.259 e. The Kier molecular flexibility index (Phi) is 3.66. The highest BCUT2D eigenvalue weighted by Crippen LogP contribution is 2.25. The maximum atomic E-state index is 13.4. The van der Waals surface area contributed by atoms with Crippen molar-refractivity contribution in [2.24, 2.45) is 0 Å². The molecule has 74 valence electrons. The standard InChI is InChI=1S/C9H6BrClFNO/c1-2-13-9(14)7-6(11)4-3-5(10)8(7)12/h2-4H,1H2,(H,13,14). The zero-order valence-corrected chi connectivity index (χ0v) is 9.32. The van der Waals surface area contributed by atoms with Crippen LogP contribution in [-0.2, 0) is 0 Å². The van der Waals surface area contributed by atoms with Crippen molar-refractivity contribution in [3.8, 4) is 0 Å². The molecule has 0 heterocycles. The highest BCUT2D eigenvalue weighted by Gasteiger charge is 2.17. The van der Waals surface area contributed by atoms with Gasteiger partial charge in [0.15, 0.2) is 5.82 Å². The van der Waals surface area contributed by atoms with Gasteiger partial charge in [-0.05, 0) is 34.3 Å². The number of benzene rings is 1. The predicted octanol–water partition coefficient (Wildman–Crippen LogP) is 3.11. The Bertz CT molecular complexity index is 395. The molecule has 5 heteroatoms. The number of rotatable bonds is 2. The molecule has 0 aliphatic heterocycles. The van der Waals surface area contributed by atoms with Crippen molar-refractivity contribution in [3.05, 3.63) is 45.8 Å². The van der Waals surface area contributed by atoms with Crippen LogP contribution in [0.1, 0.15) is 10.4 Å². The van der Waals surface area contributed by atoms with E-state index < -0.39 is 11.7 Å². The van der Waals surface area contributed by atoms with Crippen molar-refractivity contribution >= 4 is 33.4 Å². The van der Waals surface area contributed by atoms with Gasteiger partial charge in [-0.25, -0.2) is 4.39 Å². The monoisotopic (exact) mass is 277 g/mol. The van der Waals surface area contributed by atoms with E-state index in [2.05, 4.69) is 27.8 Å². The van der Waals surface area contributed by atoms with Crippen molar-refractivity contribution in [1.82, 2.24) is 5.32 Å². The van der Waals surface area contributed by atoms with Crippen LogP contribution in [0.3, 0.4) is 0 Å². The van der Waals surface area contributed by atoms with Gasteiger partial charge in [-0.2, -0.15) is 0 Å². The molecule has 14 heavy (non-hydrogen) atoms. The molecule has 1 N–H and O–H groups in total. The first-order chi connectivity index (χ1) is 6.57. The summed E-state index contributed by atoms with van der Waals surface area (Å²) in [5, 5.41) is 2.31. The summed E-state index contributed by atoms with van der Waals surface area (Å²) >= 11 is 8.64. The minimum absolute atomic E-state index is 0.0602. The molecule has 0 atom stereocenters. The lowest BCUT2D eigenvalue weighted by molar-refractivity contribution is 0.0966. The number of amides is 1. The summed E-state index contributed by atoms with van der Waals surface area (Å²) < 4.78 is 13.6. The first-order valence-electron chi connectivity index (χ1n) is 3.63. The Hall–Kier alpha value is -0.870. The van der Waals surface area contributed by atoms with Gasteiger partial charge in [0.25, 0.3) is 5.91 Å². The molecular formula is C9H6BrClFNO. The second-order valence-electron chi connectivity index (χ2n) is 2.40. The van der Waals surface area contributed by atoms with Gasteiger partial charge in [-0.3, -0.25) is 4.79 Å². The van der Waals surface area contributed by atoms with Gasteiger partial charge in [0.05, 0.1) is 15.1 Å². The lowest BCUT2D eigenvalue weighted by Gasteiger charge is -2.05. The number of halogens is 3. The lowest BCUT2D eigenvalue weighted by Crippen LogP contribution is -2.18. The van der Waals surface area contributed by atoms with Gasteiger partial charge in [0.2, 0.25) is 0 Å². The van der Waals surface area contributed by atoms with Crippen LogP contribution in [0.2, 0.25) is 5.02 Å². The molecule has 0 aliphatic carbocycles. The minimum atomic E-state index is -0.683. The number of carbonyl (C=O) groups is 1. The molecule has 0 aromatic heterocycles. The van der Waals surface area contributed by atoms with Crippen LogP contribution in [0.15, 0.2) is 29.4 Å². The molecule has 0 saturated heterocycles. The molecule has 0 spiro atoms. The third-order valence-electron chi connectivity index (χ3n) is 1.50. The normalized spacial score (nSPS) is 9.64. The highest BCUT2D eigenvalue weighted by molar-refractivity contribution is 9.10. The first kappa shape index (κ1) is 11.2. The van der Waals surface area contributed by atoms with Crippen LogP contribution in [0, 0.1) is 5.82 Å². The minimum Gasteiger partial charge on any atom is -0.329 e. The fourth-order valence-corrected chi connectivity index (χ4v) is 1.46. The lowest BCUT2D eigenvalue weighted by atomic mass is 10.2. The third kappa shape index (κ3) is 2.13. The number of hydrogen-bond donors (Lipinski definition) is 1. The molecule has 0 bridgehead atoms. The molecule has 0 saturated carbocycles. The molecule has 0 fully saturated rings. The molecule has 0 unspecified atom stereocenters. The molecule has 2 nitrogen and oxygen atoms in total. The fraction of sp³-hybridized carbons (Fsp3) is 0. The van der Waals surface area contributed by atoms with E-state index in [0.717, 1.165) is 0 Å². The fourth-order valence-electron chi connectivity index (χ4n) is 0.900. The van der Waals surface area contributed by atoms with Gasteiger partial charge in [-0.1, -0.05) is 18.2 Å². The van der Waals surface area contributed by atoms with E-state index in [1.165, 1.54) is 18.3 Å². The third-order valence-corrected chi connectivity index (χ3v) is 2.43. The number of hydrogen-bond acceptors (Lipinski definition) is 1. The van der Waals surface area contributed by atoms with E-state index in [0.29, 0.717) is 0 Å². The van der Waals surface area contributed by atoms with Crippen molar-refractivity contribution in [1.29, 1.82) is 0 Å². The van der Waals surface area contributed by atoms with E-state index in [-0.39, 0.29) is 15.1 Å². The van der Waals surface area contributed by atoms with Crippen molar-refractivity contribution in [3.63, 3.8) is 0 Å². The molecule has 0 radical (unpaired) electrons. The largest absolute Gasteiger partial charge is 0.329 e. The van der Waals surface area contributed by atoms with Crippen LogP contribution in [-0.4, -0.2) is 5.91 Å². The van der Waals surface area contributed by atoms with E-state index >= 15 is 0 Å². The second kappa shape index (κ2) is 4.57. The molecule has 0 aliphatic rings. The molecule has 1 amide bonds. The maximum absolute atomic E-state index is 13.4. The van der Waals surface area contributed by atoms with E-state index in [9.17, 15) is 9.18 Å². The van der Waals surface area contributed by atoms with Crippen LogP contribution < -0.4 is 5.32 Å². The summed E-state index contributed by atoms with van der Waals surface area (Å²) in [4.78, 5) is 11.3. The molecule has 1 aromatic rings. The Morgan fingerprint density at radius 2 is 2.29 bits per heavy atom. The second-order valence-corrected chi connectivity index (χ2v) is 3.66. The van der Waals surface area contributed by atoms with Crippen molar-refractivity contribution in [2.75, 3.05) is 0 Å². The summed E-state index contributed by atoms with van der Waals surface area (Å²) in [6, 6.07) is 2.87. The van der Waals surface area contributed by atoms with E-state index in [4.69, 9.17) is 11.6 Å². The van der Waals surface area contributed by atoms with Gasteiger partial charge >= 0.3 is 0 Å². The summed E-state index contributed by atoms with van der Waals surface area (Å²) in [6.45, 7) is 3.30. The zero-order valence-electron chi connectivity index (χ0n) is 6.98. The van der Waals surface area contributed by atoms with Gasteiger partial charge < -0.3 is 5.32 Å². The zero-order chi connectivity index (χ0) is 10.7. The summed E-state index contributed by atoms with van der Waals surface area (Å²) in [7, 11) is 0. The number of nitrogens with one attached hydrogen (secondary N) is 1. The van der Waals surface area contributed by atoms with Crippen LogP contribution in [0.25, 0.3) is 0 Å².